The third-order valence-electron chi connectivity index (χ3n) is 2.95. The van der Waals surface area contributed by atoms with Crippen LogP contribution in [0.3, 0.4) is 0 Å². The van der Waals surface area contributed by atoms with Gasteiger partial charge in [0.2, 0.25) is 0 Å². The summed E-state index contributed by atoms with van der Waals surface area (Å²) in [5.74, 6) is 1.09. The average molecular weight is 261 g/mol. The molecule has 3 nitrogen and oxygen atoms in total. The van der Waals surface area contributed by atoms with Gasteiger partial charge in [0.25, 0.3) is 0 Å². The maximum Gasteiger partial charge on any atom is 0.127 e. The summed E-state index contributed by atoms with van der Waals surface area (Å²) in [6, 6.07) is 10.4. The summed E-state index contributed by atoms with van der Waals surface area (Å²) in [4.78, 5) is 0. The molecule has 0 aromatic heterocycles. The van der Waals surface area contributed by atoms with Gasteiger partial charge in [0.1, 0.15) is 17.3 Å². The Balaban J connectivity index is 2.51. The molecule has 0 saturated heterocycles. The molecule has 0 aliphatic rings. The number of rotatable bonds is 4. The third kappa shape index (κ3) is 2.85. The predicted molar refractivity (Wildman–Crippen MR) is 72.8 cm³/mol. The van der Waals surface area contributed by atoms with Crippen LogP contribution in [0.4, 0.5) is 4.39 Å². The number of halogens is 1. The van der Waals surface area contributed by atoms with Gasteiger partial charge in [0, 0.05) is 18.2 Å². The number of nitrogens with two attached hydrogens (primary N) is 1. The second-order valence-electron chi connectivity index (χ2n) is 4.11. The molecule has 100 valence electrons. The fourth-order valence-electron chi connectivity index (χ4n) is 1.88. The van der Waals surface area contributed by atoms with Crippen LogP contribution in [0.15, 0.2) is 36.4 Å². The molecule has 0 amide bonds. The molecular weight excluding hydrogens is 245 g/mol. The number of benzene rings is 2. The molecule has 2 aromatic carbocycles. The van der Waals surface area contributed by atoms with E-state index in [2.05, 4.69) is 0 Å². The van der Waals surface area contributed by atoms with E-state index in [-0.39, 0.29) is 12.4 Å². The fourth-order valence-corrected chi connectivity index (χ4v) is 1.88. The molecule has 0 aliphatic carbocycles. The van der Waals surface area contributed by atoms with E-state index in [0.717, 1.165) is 11.1 Å². The minimum Gasteiger partial charge on any atom is -0.497 e. The van der Waals surface area contributed by atoms with Crippen molar-refractivity contribution < 1.29 is 13.9 Å². The van der Waals surface area contributed by atoms with E-state index in [9.17, 15) is 4.39 Å². The predicted octanol–water partition coefficient (Wildman–Crippen LogP) is 2.97. The Hall–Kier alpha value is -2.07. The summed E-state index contributed by atoms with van der Waals surface area (Å²) in [6.45, 7) is 0.167. The Morgan fingerprint density at radius 3 is 2.11 bits per heavy atom. The number of hydrogen-bond donors (Lipinski definition) is 1. The normalized spacial score (nSPS) is 10.3. The molecule has 4 heteroatoms. The van der Waals surface area contributed by atoms with Gasteiger partial charge < -0.3 is 15.2 Å². The van der Waals surface area contributed by atoms with Crippen molar-refractivity contribution in [1.29, 1.82) is 0 Å². The van der Waals surface area contributed by atoms with Crippen LogP contribution in [0.25, 0.3) is 11.1 Å². The molecule has 0 atom stereocenters. The second kappa shape index (κ2) is 5.71. The Kier molecular flexibility index (Phi) is 4.02. The van der Waals surface area contributed by atoms with Gasteiger partial charge >= 0.3 is 0 Å². The van der Waals surface area contributed by atoms with Crippen molar-refractivity contribution in [3.05, 3.63) is 47.8 Å². The van der Waals surface area contributed by atoms with Gasteiger partial charge in [-0.15, -0.1) is 0 Å². The molecule has 19 heavy (non-hydrogen) atoms. The van der Waals surface area contributed by atoms with Gasteiger partial charge in [-0.3, -0.25) is 0 Å². The van der Waals surface area contributed by atoms with Gasteiger partial charge in [-0.1, -0.05) is 6.07 Å². The molecule has 2 rings (SSSR count). The third-order valence-corrected chi connectivity index (χ3v) is 2.95. The van der Waals surface area contributed by atoms with Crippen LogP contribution in [0.1, 0.15) is 5.56 Å². The first-order valence-corrected chi connectivity index (χ1v) is 5.90. The minimum atomic E-state index is -0.291. The van der Waals surface area contributed by atoms with Crippen LogP contribution in [-0.2, 0) is 6.54 Å². The average Bonchev–Trinajstić information content (AvgIpc) is 2.47. The highest BCUT2D eigenvalue weighted by molar-refractivity contribution is 5.68. The maximum absolute atomic E-state index is 13.4. The highest BCUT2D eigenvalue weighted by Gasteiger charge is 2.07. The van der Waals surface area contributed by atoms with Crippen LogP contribution >= 0.6 is 0 Å². The van der Waals surface area contributed by atoms with Crippen molar-refractivity contribution in [2.45, 2.75) is 6.54 Å². The highest BCUT2D eigenvalue weighted by Crippen LogP contribution is 2.30. The molecular formula is C15H16FNO2. The number of methoxy groups -OCH3 is 2. The lowest BCUT2D eigenvalue weighted by Gasteiger charge is -2.10. The van der Waals surface area contributed by atoms with Gasteiger partial charge in [0.05, 0.1) is 14.2 Å². The zero-order valence-corrected chi connectivity index (χ0v) is 10.9. The van der Waals surface area contributed by atoms with Crippen molar-refractivity contribution in [3.63, 3.8) is 0 Å². The fraction of sp³-hybridized carbons (Fsp3) is 0.200. The van der Waals surface area contributed by atoms with Crippen LogP contribution < -0.4 is 15.2 Å². The Morgan fingerprint density at radius 1 is 0.947 bits per heavy atom. The molecule has 0 saturated carbocycles. The molecule has 0 spiro atoms. The summed E-state index contributed by atoms with van der Waals surface area (Å²) in [7, 11) is 3.18. The van der Waals surface area contributed by atoms with Crippen LogP contribution in [0.5, 0.6) is 11.5 Å². The quantitative estimate of drug-likeness (QED) is 0.920. The first kappa shape index (κ1) is 13.4. The molecule has 0 bridgehead atoms. The van der Waals surface area contributed by atoms with Gasteiger partial charge in [-0.2, -0.15) is 0 Å². The van der Waals surface area contributed by atoms with E-state index in [4.69, 9.17) is 15.2 Å². The standard InChI is InChI=1S/C15H16FNO2/c1-18-13-6-11(7-14(8-13)19-2)10-3-4-15(16)12(5-10)9-17/h3-8H,9,17H2,1-2H3. The van der Waals surface area contributed by atoms with Crippen LogP contribution in [0.2, 0.25) is 0 Å². The van der Waals surface area contributed by atoms with E-state index in [1.54, 1.807) is 32.4 Å². The highest BCUT2D eigenvalue weighted by atomic mass is 19.1. The van der Waals surface area contributed by atoms with E-state index < -0.39 is 0 Å². The van der Waals surface area contributed by atoms with E-state index in [1.165, 1.54) is 6.07 Å². The second-order valence-corrected chi connectivity index (χ2v) is 4.11. The van der Waals surface area contributed by atoms with Crippen molar-refractivity contribution in [2.24, 2.45) is 5.73 Å². The Morgan fingerprint density at radius 2 is 1.58 bits per heavy atom. The molecule has 0 aliphatic heterocycles. The van der Waals surface area contributed by atoms with E-state index in [1.807, 2.05) is 12.1 Å². The Labute approximate surface area is 111 Å². The van der Waals surface area contributed by atoms with Gasteiger partial charge in [0.15, 0.2) is 0 Å². The summed E-state index contributed by atoms with van der Waals surface area (Å²) < 4.78 is 23.9. The lowest BCUT2D eigenvalue weighted by atomic mass is 10.0. The first-order chi connectivity index (χ1) is 9.17. The summed E-state index contributed by atoms with van der Waals surface area (Å²) in [5.41, 5.74) is 7.77. The zero-order chi connectivity index (χ0) is 13.8. The molecule has 0 unspecified atom stereocenters. The summed E-state index contributed by atoms with van der Waals surface area (Å²) in [5, 5.41) is 0. The first-order valence-electron chi connectivity index (χ1n) is 5.90. The van der Waals surface area contributed by atoms with Crippen molar-refractivity contribution >= 4 is 0 Å². The topological polar surface area (TPSA) is 44.5 Å². The van der Waals surface area contributed by atoms with Crippen molar-refractivity contribution in [2.75, 3.05) is 14.2 Å². The van der Waals surface area contributed by atoms with Crippen molar-refractivity contribution in [3.8, 4) is 22.6 Å². The summed E-state index contributed by atoms with van der Waals surface area (Å²) >= 11 is 0. The SMILES string of the molecule is COc1cc(OC)cc(-c2ccc(F)c(CN)c2)c1. The van der Waals surface area contributed by atoms with E-state index in [0.29, 0.717) is 17.1 Å². The van der Waals surface area contributed by atoms with Gasteiger partial charge in [-0.05, 0) is 35.4 Å². The Bertz CT molecular complexity index is 562. The molecule has 2 aromatic rings. The lowest BCUT2D eigenvalue weighted by molar-refractivity contribution is 0.394. The molecule has 2 N–H and O–H groups in total. The van der Waals surface area contributed by atoms with Crippen molar-refractivity contribution in [1.82, 2.24) is 0 Å². The van der Waals surface area contributed by atoms with E-state index >= 15 is 0 Å². The monoisotopic (exact) mass is 261 g/mol. The molecule has 0 fully saturated rings. The van der Waals surface area contributed by atoms with Crippen LogP contribution in [0, 0.1) is 5.82 Å². The smallest absolute Gasteiger partial charge is 0.127 e. The molecule has 0 heterocycles. The van der Waals surface area contributed by atoms with Crippen LogP contribution in [-0.4, -0.2) is 14.2 Å². The maximum atomic E-state index is 13.4. The van der Waals surface area contributed by atoms with Gasteiger partial charge in [-0.25, -0.2) is 4.39 Å². The number of ether oxygens (including phenoxy) is 2. The minimum absolute atomic E-state index is 0.167. The largest absolute Gasteiger partial charge is 0.497 e. The summed E-state index contributed by atoms with van der Waals surface area (Å²) in [6.07, 6.45) is 0. The molecule has 0 radical (unpaired) electrons. The number of hydrogen-bond acceptors (Lipinski definition) is 3. The lowest BCUT2D eigenvalue weighted by Crippen LogP contribution is -2.00. The zero-order valence-electron chi connectivity index (χ0n) is 10.9.